The fourth-order valence-electron chi connectivity index (χ4n) is 3.51. The Morgan fingerprint density at radius 1 is 1.09 bits per heavy atom. The predicted octanol–water partition coefficient (Wildman–Crippen LogP) is 4.22. The van der Waals surface area contributed by atoms with Crippen LogP contribution in [0.3, 0.4) is 0 Å². The lowest BCUT2D eigenvalue weighted by Gasteiger charge is -2.19. The number of aryl methyl sites for hydroxylation is 2. The van der Waals surface area contributed by atoms with Gasteiger partial charge in [-0.2, -0.15) is 4.68 Å². The van der Waals surface area contributed by atoms with Gasteiger partial charge in [-0.1, -0.05) is 60.2 Å². The van der Waals surface area contributed by atoms with Crippen LogP contribution >= 0.6 is 11.3 Å². The van der Waals surface area contributed by atoms with Gasteiger partial charge < -0.3 is 9.64 Å². The minimum Gasteiger partial charge on any atom is -0.451 e. The lowest BCUT2D eigenvalue weighted by atomic mass is 10.1. The van der Waals surface area contributed by atoms with Crippen molar-refractivity contribution in [2.75, 3.05) is 13.7 Å². The number of thiophene rings is 1. The summed E-state index contributed by atoms with van der Waals surface area (Å²) in [5, 5.41) is 13.8. The molecule has 0 atom stereocenters. The number of benzene rings is 2. The van der Waals surface area contributed by atoms with Crippen LogP contribution in [0.1, 0.15) is 21.6 Å². The normalized spacial score (nSPS) is 11.3. The Labute approximate surface area is 207 Å². The molecule has 1 amide bonds. The maximum absolute atomic E-state index is 13.2. The molecule has 9 heteroatoms. The zero-order valence-electron chi connectivity index (χ0n) is 19.7. The van der Waals surface area contributed by atoms with Crippen LogP contribution in [-0.4, -0.2) is 50.6 Å². The van der Waals surface area contributed by atoms with Crippen molar-refractivity contribution >= 4 is 35.0 Å². The Kier molecular flexibility index (Phi) is 7.47. The fourth-order valence-corrected chi connectivity index (χ4v) is 4.16. The van der Waals surface area contributed by atoms with E-state index in [1.165, 1.54) is 16.0 Å². The number of aromatic nitrogens is 4. The molecule has 0 bridgehead atoms. The number of hydrogen-bond donors (Lipinski definition) is 0. The number of tetrazole rings is 1. The molecule has 0 saturated carbocycles. The van der Waals surface area contributed by atoms with E-state index in [0.717, 1.165) is 27.1 Å². The summed E-state index contributed by atoms with van der Waals surface area (Å²) in [6.07, 6.45) is 1.65. The molecule has 0 radical (unpaired) electrons. The van der Waals surface area contributed by atoms with Crippen molar-refractivity contribution in [3.63, 3.8) is 0 Å². The van der Waals surface area contributed by atoms with Crippen LogP contribution in [0.5, 0.6) is 0 Å². The highest BCUT2D eigenvalue weighted by Crippen LogP contribution is 2.22. The highest BCUT2D eigenvalue weighted by atomic mass is 32.1. The lowest BCUT2D eigenvalue weighted by molar-refractivity contribution is -0.147. The van der Waals surface area contributed by atoms with Crippen LogP contribution < -0.4 is 0 Å². The minimum atomic E-state index is -0.698. The zero-order chi connectivity index (χ0) is 24.8. The SMILES string of the molecule is Cc1ccc(CN(C)C(=O)COC(=O)/C(=C/c2cccs2)n2nnnc2-c2ccccc2)c(C)c1. The standard InChI is InChI=1S/C26H25N5O3S/c1-18-11-12-21(19(2)14-18)16-30(3)24(32)17-34-26(33)23(15-22-10-7-13-35-22)31-25(27-28-29-31)20-8-5-4-6-9-20/h4-15H,16-17H2,1-3H3/b23-15-. The van der Waals surface area contributed by atoms with E-state index in [0.29, 0.717) is 12.4 Å². The third-order valence-electron chi connectivity index (χ3n) is 5.42. The van der Waals surface area contributed by atoms with Crippen molar-refractivity contribution in [3.8, 4) is 11.4 Å². The predicted molar refractivity (Wildman–Crippen MR) is 135 cm³/mol. The largest absolute Gasteiger partial charge is 0.451 e. The zero-order valence-corrected chi connectivity index (χ0v) is 20.5. The van der Waals surface area contributed by atoms with Gasteiger partial charge in [-0.25, -0.2) is 4.79 Å². The van der Waals surface area contributed by atoms with Gasteiger partial charge in [0.2, 0.25) is 0 Å². The number of likely N-dealkylation sites (N-methyl/N-ethyl adjacent to an activating group) is 1. The molecule has 4 rings (SSSR count). The molecule has 0 fully saturated rings. The maximum atomic E-state index is 13.2. The molecule has 2 aromatic carbocycles. The van der Waals surface area contributed by atoms with Crippen molar-refractivity contribution in [1.82, 2.24) is 25.1 Å². The smallest absolute Gasteiger partial charge is 0.357 e. The van der Waals surface area contributed by atoms with Crippen LogP contribution in [-0.2, 0) is 20.9 Å². The van der Waals surface area contributed by atoms with Crippen LogP contribution in [0.2, 0.25) is 0 Å². The lowest BCUT2D eigenvalue weighted by Crippen LogP contribution is -2.31. The van der Waals surface area contributed by atoms with Gasteiger partial charge in [0.15, 0.2) is 18.1 Å². The van der Waals surface area contributed by atoms with Crippen molar-refractivity contribution < 1.29 is 14.3 Å². The number of carbonyl (C=O) groups excluding carboxylic acids is 2. The molecule has 0 aliphatic rings. The molecule has 35 heavy (non-hydrogen) atoms. The molecule has 4 aromatic rings. The second kappa shape index (κ2) is 10.9. The number of nitrogens with zero attached hydrogens (tertiary/aromatic N) is 5. The number of hydrogen-bond acceptors (Lipinski definition) is 7. The van der Waals surface area contributed by atoms with Gasteiger partial charge in [0, 0.05) is 24.0 Å². The van der Waals surface area contributed by atoms with Crippen molar-refractivity contribution in [2.24, 2.45) is 0 Å². The first-order chi connectivity index (χ1) is 16.9. The number of ether oxygens (including phenoxy) is 1. The first-order valence-corrected chi connectivity index (χ1v) is 11.9. The second-order valence-corrected chi connectivity index (χ2v) is 9.06. The van der Waals surface area contributed by atoms with Crippen molar-refractivity contribution in [1.29, 1.82) is 0 Å². The number of amides is 1. The van der Waals surface area contributed by atoms with Crippen LogP contribution in [0.25, 0.3) is 23.2 Å². The van der Waals surface area contributed by atoms with Gasteiger partial charge in [0.05, 0.1) is 0 Å². The average molecular weight is 488 g/mol. The first-order valence-electron chi connectivity index (χ1n) is 11.0. The van der Waals surface area contributed by atoms with Crippen LogP contribution in [0.15, 0.2) is 66.0 Å². The summed E-state index contributed by atoms with van der Waals surface area (Å²) in [5.74, 6) is -0.617. The molecular weight excluding hydrogens is 462 g/mol. The summed E-state index contributed by atoms with van der Waals surface area (Å²) < 4.78 is 6.76. The Hall–Kier alpha value is -4.11. The molecule has 0 aliphatic heterocycles. The van der Waals surface area contributed by atoms with E-state index in [1.807, 2.05) is 73.8 Å². The average Bonchev–Trinajstić information content (AvgIpc) is 3.55. The van der Waals surface area contributed by atoms with Crippen LogP contribution in [0, 0.1) is 13.8 Å². The quantitative estimate of drug-likeness (QED) is 0.273. The van der Waals surface area contributed by atoms with Gasteiger partial charge in [-0.3, -0.25) is 4.79 Å². The topological polar surface area (TPSA) is 90.2 Å². The number of rotatable bonds is 8. The summed E-state index contributed by atoms with van der Waals surface area (Å²) in [6, 6.07) is 19.1. The van der Waals surface area contributed by atoms with Gasteiger partial charge in [-0.05, 0) is 52.9 Å². The molecule has 0 aliphatic carbocycles. The first kappa shape index (κ1) is 24.0. The number of carbonyl (C=O) groups is 2. The second-order valence-electron chi connectivity index (χ2n) is 8.08. The van der Waals surface area contributed by atoms with Gasteiger partial charge in [0.1, 0.15) is 0 Å². The van der Waals surface area contributed by atoms with E-state index < -0.39 is 12.6 Å². The molecule has 0 unspecified atom stereocenters. The summed E-state index contributed by atoms with van der Waals surface area (Å²) in [7, 11) is 1.69. The minimum absolute atomic E-state index is 0.112. The molecular formula is C26H25N5O3S. The molecule has 2 aromatic heterocycles. The Balaban J connectivity index is 1.51. The van der Waals surface area contributed by atoms with E-state index >= 15 is 0 Å². The van der Waals surface area contributed by atoms with Gasteiger partial charge in [0.25, 0.3) is 5.91 Å². The third kappa shape index (κ3) is 5.88. The highest BCUT2D eigenvalue weighted by molar-refractivity contribution is 7.10. The molecule has 0 spiro atoms. The van der Waals surface area contributed by atoms with E-state index in [4.69, 9.17) is 4.74 Å². The fraction of sp³-hybridized carbons (Fsp3) is 0.192. The highest BCUT2D eigenvalue weighted by Gasteiger charge is 2.22. The Morgan fingerprint density at radius 3 is 2.60 bits per heavy atom. The van der Waals surface area contributed by atoms with E-state index in [1.54, 1.807) is 18.0 Å². The van der Waals surface area contributed by atoms with E-state index in [9.17, 15) is 9.59 Å². The summed E-state index contributed by atoms with van der Waals surface area (Å²) >= 11 is 1.46. The monoisotopic (exact) mass is 487 g/mol. The summed E-state index contributed by atoms with van der Waals surface area (Å²) in [6.45, 7) is 4.06. The maximum Gasteiger partial charge on any atom is 0.357 e. The Morgan fingerprint density at radius 2 is 1.89 bits per heavy atom. The van der Waals surface area contributed by atoms with Gasteiger partial charge >= 0.3 is 5.97 Å². The van der Waals surface area contributed by atoms with Gasteiger partial charge in [-0.15, -0.1) is 16.4 Å². The van der Waals surface area contributed by atoms with E-state index in [2.05, 4.69) is 21.6 Å². The van der Waals surface area contributed by atoms with Crippen molar-refractivity contribution in [2.45, 2.75) is 20.4 Å². The summed E-state index contributed by atoms with van der Waals surface area (Å²) in [5.41, 5.74) is 4.16. The molecule has 0 saturated heterocycles. The van der Waals surface area contributed by atoms with Crippen LogP contribution in [0.4, 0.5) is 0 Å². The third-order valence-corrected chi connectivity index (χ3v) is 6.24. The molecule has 0 N–H and O–H groups in total. The Bertz CT molecular complexity index is 1350. The summed E-state index contributed by atoms with van der Waals surface area (Å²) in [4.78, 5) is 28.2. The van der Waals surface area contributed by atoms with E-state index in [-0.39, 0.29) is 11.6 Å². The molecule has 2 heterocycles. The molecule has 178 valence electrons. The van der Waals surface area contributed by atoms with Crippen molar-refractivity contribution in [3.05, 3.63) is 87.6 Å². The number of esters is 1. The molecule has 8 nitrogen and oxygen atoms in total.